The molecule has 0 atom stereocenters. The van der Waals surface area contributed by atoms with Crippen LogP contribution >= 0.6 is 27.3 Å². The molecule has 2 amide bonds. The Bertz CT molecular complexity index is 540. The van der Waals surface area contributed by atoms with Gasteiger partial charge in [0, 0.05) is 21.6 Å². The third-order valence-electron chi connectivity index (χ3n) is 2.80. The summed E-state index contributed by atoms with van der Waals surface area (Å²) in [5, 5.41) is 4.97. The minimum absolute atomic E-state index is 0.0532. The minimum atomic E-state index is -0.0532. The SMILES string of the molecule is CCCN(Cc1cccs1)C(=O)Nc1ccc(Br)cc1. The Morgan fingerprint density at radius 1 is 1.30 bits per heavy atom. The molecule has 20 heavy (non-hydrogen) atoms. The maximum Gasteiger partial charge on any atom is 0.322 e. The highest BCUT2D eigenvalue weighted by Gasteiger charge is 2.13. The molecule has 1 heterocycles. The summed E-state index contributed by atoms with van der Waals surface area (Å²) in [7, 11) is 0. The third kappa shape index (κ3) is 4.35. The average molecular weight is 353 g/mol. The van der Waals surface area contributed by atoms with Crippen molar-refractivity contribution in [3.05, 3.63) is 51.1 Å². The van der Waals surface area contributed by atoms with Crippen LogP contribution in [0.25, 0.3) is 0 Å². The highest BCUT2D eigenvalue weighted by atomic mass is 79.9. The van der Waals surface area contributed by atoms with E-state index in [1.54, 1.807) is 11.3 Å². The fourth-order valence-corrected chi connectivity index (χ4v) is 2.83. The van der Waals surface area contributed by atoms with Crippen LogP contribution in [0.15, 0.2) is 46.3 Å². The Morgan fingerprint density at radius 3 is 2.65 bits per heavy atom. The van der Waals surface area contributed by atoms with Crippen LogP contribution in [0.2, 0.25) is 0 Å². The van der Waals surface area contributed by atoms with E-state index in [2.05, 4.69) is 34.2 Å². The molecule has 0 aliphatic heterocycles. The normalized spacial score (nSPS) is 10.3. The van der Waals surface area contributed by atoms with Gasteiger partial charge in [0.1, 0.15) is 0 Å². The fraction of sp³-hybridized carbons (Fsp3) is 0.267. The predicted molar refractivity (Wildman–Crippen MR) is 88.2 cm³/mol. The number of benzene rings is 1. The molecular formula is C15H17BrN2OS. The molecule has 0 aliphatic rings. The molecule has 0 radical (unpaired) electrons. The first-order valence-corrected chi connectivity index (χ1v) is 8.20. The summed E-state index contributed by atoms with van der Waals surface area (Å²) in [6.45, 7) is 3.49. The largest absolute Gasteiger partial charge is 0.322 e. The monoisotopic (exact) mass is 352 g/mol. The van der Waals surface area contributed by atoms with Crippen LogP contribution in [0, 0.1) is 0 Å². The molecule has 2 aromatic rings. The fourth-order valence-electron chi connectivity index (χ4n) is 1.85. The molecule has 0 saturated carbocycles. The standard InChI is InChI=1S/C15H17BrN2OS/c1-2-9-18(11-14-4-3-10-20-14)15(19)17-13-7-5-12(16)6-8-13/h3-8,10H,2,9,11H2,1H3,(H,17,19). The highest BCUT2D eigenvalue weighted by Crippen LogP contribution is 2.16. The van der Waals surface area contributed by atoms with Crippen LogP contribution < -0.4 is 5.32 Å². The number of carbonyl (C=O) groups is 1. The summed E-state index contributed by atoms with van der Waals surface area (Å²) in [6, 6.07) is 11.6. The molecule has 5 heteroatoms. The summed E-state index contributed by atoms with van der Waals surface area (Å²) in [5.41, 5.74) is 0.811. The van der Waals surface area contributed by atoms with Gasteiger partial charge in [-0.1, -0.05) is 28.9 Å². The number of hydrogen-bond acceptors (Lipinski definition) is 2. The van der Waals surface area contributed by atoms with E-state index in [1.165, 1.54) is 4.88 Å². The van der Waals surface area contributed by atoms with Gasteiger partial charge in [0.15, 0.2) is 0 Å². The number of nitrogens with one attached hydrogen (secondary N) is 1. The molecule has 1 aromatic carbocycles. The van der Waals surface area contributed by atoms with Gasteiger partial charge in [-0.15, -0.1) is 11.3 Å². The van der Waals surface area contributed by atoms with Crippen molar-refractivity contribution in [2.45, 2.75) is 19.9 Å². The smallest absolute Gasteiger partial charge is 0.319 e. The number of carbonyl (C=O) groups excluding carboxylic acids is 1. The van der Waals surface area contributed by atoms with E-state index in [0.717, 1.165) is 23.1 Å². The average Bonchev–Trinajstić information content (AvgIpc) is 2.94. The van der Waals surface area contributed by atoms with Crippen LogP contribution in [0.4, 0.5) is 10.5 Å². The molecule has 2 rings (SSSR count). The van der Waals surface area contributed by atoms with Crippen LogP contribution in [0.1, 0.15) is 18.2 Å². The van der Waals surface area contributed by atoms with Crippen molar-refractivity contribution in [1.29, 1.82) is 0 Å². The first-order chi connectivity index (χ1) is 9.69. The lowest BCUT2D eigenvalue weighted by atomic mass is 10.3. The summed E-state index contributed by atoms with van der Waals surface area (Å²) in [4.78, 5) is 15.4. The van der Waals surface area contributed by atoms with Crippen molar-refractivity contribution in [3.63, 3.8) is 0 Å². The van der Waals surface area contributed by atoms with Crippen molar-refractivity contribution in [2.75, 3.05) is 11.9 Å². The lowest BCUT2D eigenvalue weighted by Crippen LogP contribution is -2.34. The quantitative estimate of drug-likeness (QED) is 0.810. The van der Waals surface area contributed by atoms with Gasteiger partial charge < -0.3 is 10.2 Å². The number of rotatable bonds is 5. The zero-order valence-electron chi connectivity index (χ0n) is 11.3. The van der Waals surface area contributed by atoms with Crippen molar-refractivity contribution < 1.29 is 4.79 Å². The molecule has 3 nitrogen and oxygen atoms in total. The molecule has 0 fully saturated rings. The van der Waals surface area contributed by atoms with Crippen LogP contribution in [0.5, 0.6) is 0 Å². The van der Waals surface area contributed by atoms with E-state index in [4.69, 9.17) is 0 Å². The van der Waals surface area contributed by atoms with Crippen molar-refractivity contribution in [1.82, 2.24) is 4.90 Å². The molecule has 0 bridgehead atoms. The van der Waals surface area contributed by atoms with Gasteiger partial charge >= 0.3 is 6.03 Å². The number of thiophene rings is 1. The molecule has 0 unspecified atom stereocenters. The van der Waals surface area contributed by atoms with Gasteiger partial charge in [-0.25, -0.2) is 4.79 Å². The number of nitrogens with zero attached hydrogens (tertiary/aromatic N) is 1. The van der Waals surface area contributed by atoms with Crippen LogP contribution in [-0.2, 0) is 6.54 Å². The number of hydrogen-bond donors (Lipinski definition) is 1. The Hall–Kier alpha value is -1.33. The summed E-state index contributed by atoms with van der Waals surface area (Å²) in [5.74, 6) is 0. The number of amides is 2. The second kappa shape index (κ2) is 7.45. The van der Waals surface area contributed by atoms with E-state index in [0.29, 0.717) is 6.54 Å². The number of halogens is 1. The highest BCUT2D eigenvalue weighted by molar-refractivity contribution is 9.10. The number of urea groups is 1. The van der Waals surface area contributed by atoms with E-state index >= 15 is 0 Å². The second-order valence-corrected chi connectivity index (χ2v) is 6.39. The topological polar surface area (TPSA) is 32.3 Å². The Labute approximate surface area is 131 Å². The summed E-state index contributed by atoms with van der Waals surface area (Å²) >= 11 is 5.06. The van der Waals surface area contributed by atoms with E-state index in [-0.39, 0.29) is 6.03 Å². The lowest BCUT2D eigenvalue weighted by Gasteiger charge is -2.22. The maximum absolute atomic E-state index is 12.3. The van der Waals surface area contributed by atoms with Crippen molar-refractivity contribution in [2.24, 2.45) is 0 Å². The second-order valence-electron chi connectivity index (χ2n) is 4.44. The molecule has 1 N–H and O–H groups in total. The minimum Gasteiger partial charge on any atom is -0.319 e. The first-order valence-electron chi connectivity index (χ1n) is 6.53. The molecule has 106 valence electrons. The zero-order valence-corrected chi connectivity index (χ0v) is 13.7. The Morgan fingerprint density at radius 2 is 2.05 bits per heavy atom. The molecular weight excluding hydrogens is 336 g/mol. The van der Waals surface area contributed by atoms with E-state index < -0.39 is 0 Å². The van der Waals surface area contributed by atoms with Gasteiger partial charge in [-0.2, -0.15) is 0 Å². The van der Waals surface area contributed by atoms with Gasteiger partial charge in [-0.05, 0) is 42.1 Å². The summed E-state index contributed by atoms with van der Waals surface area (Å²) in [6.07, 6.45) is 0.944. The van der Waals surface area contributed by atoms with Gasteiger partial charge in [0.25, 0.3) is 0 Å². The molecule has 0 aliphatic carbocycles. The molecule has 1 aromatic heterocycles. The van der Waals surface area contributed by atoms with Crippen LogP contribution in [0.3, 0.4) is 0 Å². The number of anilines is 1. The predicted octanol–water partition coefficient (Wildman–Crippen LogP) is 4.95. The first kappa shape index (κ1) is 15.1. The molecule has 0 spiro atoms. The van der Waals surface area contributed by atoms with Crippen molar-refractivity contribution >= 4 is 39.0 Å². The Kier molecular flexibility index (Phi) is 5.61. The van der Waals surface area contributed by atoms with E-state index in [9.17, 15) is 4.79 Å². The zero-order chi connectivity index (χ0) is 14.4. The lowest BCUT2D eigenvalue weighted by molar-refractivity contribution is 0.209. The van der Waals surface area contributed by atoms with Gasteiger partial charge in [0.05, 0.1) is 6.54 Å². The Balaban J connectivity index is 2.01. The van der Waals surface area contributed by atoms with Gasteiger partial charge in [0.2, 0.25) is 0 Å². The van der Waals surface area contributed by atoms with Crippen molar-refractivity contribution in [3.8, 4) is 0 Å². The summed E-state index contributed by atoms with van der Waals surface area (Å²) < 4.78 is 1.000. The van der Waals surface area contributed by atoms with E-state index in [1.807, 2.05) is 40.6 Å². The van der Waals surface area contributed by atoms with Crippen LogP contribution in [-0.4, -0.2) is 17.5 Å². The van der Waals surface area contributed by atoms with Gasteiger partial charge in [-0.3, -0.25) is 0 Å². The third-order valence-corrected chi connectivity index (χ3v) is 4.19. The maximum atomic E-state index is 12.3. The molecule has 0 saturated heterocycles.